The molecule has 0 bridgehead atoms. The second-order valence-electron chi connectivity index (χ2n) is 4.04. The number of alkyl halides is 1. The molecule has 1 aromatic heterocycles. The van der Waals surface area contributed by atoms with Gasteiger partial charge in [0.25, 0.3) is 0 Å². The fourth-order valence-electron chi connectivity index (χ4n) is 2.24. The summed E-state index contributed by atoms with van der Waals surface area (Å²) in [5.74, 6) is 0.479. The standard InChI is InChI=1S/C13H10BrClS/c14-11-5-6-16-13(11)12(15)10-7-8-3-1-2-4-9(8)10/h1-6,10,12H,7H2. The number of thiophene rings is 1. The lowest BCUT2D eigenvalue weighted by molar-refractivity contribution is 0.591. The zero-order chi connectivity index (χ0) is 11.1. The van der Waals surface area contributed by atoms with Gasteiger partial charge in [0, 0.05) is 15.3 Å². The first kappa shape index (κ1) is 10.8. The minimum Gasteiger partial charge on any atom is -0.146 e. The molecule has 2 aromatic rings. The summed E-state index contributed by atoms with van der Waals surface area (Å²) in [6.07, 6.45) is 1.11. The lowest BCUT2D eigenvalue weighted by Crippen LogP contribution is -2.20. The highest BCUT2D eigenvalue weighted by Gasteiger charge is 2.33. The van der Waals surface area contributed by atoms with Crippen LogP contribution in [0.2, 0.25) is 0 Å². The number of halogens is 2. The van der Waals surface area contributed by atoms with Gasteiger partial charge in [0.05, 0.1) is 5.38 Å². The van der Waals surface area contributed by atoms with Crippen molar-refractivity contribution in [2.45, 2.75) is 17.7 Å². The van der Waals surface area contributed by atoms with Crippen molar-refractivity contribution in [2.75, 3.05) is 0 Å². The van der Waals surface area contributed by atoms with Crippen LogP contribution in [0.4, 0.5) is 0 Å². The summed E-state index contributed by atoms with van der Waals surface area (Å²) in [6, 6.07) is 10.6. The third kappa shape index (κ3) is 1.64. The summed E-state index contributed by atoms with van der Waals surface area (Å²) in [7, 11) is 0. The summed E-state index contributed by atoms with van der Waals surface area (Å²) in [6.45, 7) is 0. The summed E-state index contributed by atoms with van der Waals surface area (Å²) >= 11 is 11.8. The van der Waals surface area contributed by atoms with Crippen molar-refractivity contribution < 1.29 is 0 Å². The van der Waals surface area contributed by atoms with Crippen LogP contribution in [0.1, 0.15) is 27.3 Å². The van der Waals surface area contributed by atoms with Crippen molar-refractivity contribution >= 4 is 38.9 Å². The molecule has 1 aliphatic rings. The van der Waals surface area contributed by atoms with E-state index in [9.17, 15) is 0 Å². The van der Waals surface area contributed by atoms with Crippen molar-refractivity contribution in [3.05, 3.63) is 56.2 Å². The maximum Gasteiger partial charge on any atom is 0.0761 e. The summed E-state index contributed by atoms with van der Waals surface area (Å²) in [4.78, 5) is 1.25. The van der Waals surface area contributed by atoms with Gasteiger partial charge in [-0.25, -0.2) is 0 Å². The smallest absolute Gasteiger partial charge is 0.0761 e. The van der Waals surface area contributed by atoms with Crippen LogP contribution in [0.25, 0.3) is 0 Å². The summed E-state index contributed by atoms with van der Waals surface area (Å²) < 4.78 is 1.14. The van der Waals surface area contributed by atoms with Crippen LogP contribution in [0, 0.1) is 0 Å². The van der Waals surface area contributed by atoms with Gasteiger partial charge < -0.3 is 0 Å². The van der Waals surface area contributed by atoms with E-state index in [1.54, 1.807) is 11.3 Å². The summed E-state index contributed by atoms with van der Waals surface area (Å²) in [5.41, 5.74) is 2.87. The predicted octanol–water partition coefficient (Wildman–Crippen LogP) is 5.13. The number of hydrogen-bond acceptors (Lipinski definition) is 1. The highest BCUT2D eigenvalue weighted by atomic mass is 79.9. The molecule has 82 valence electrons. The van der Waals surface area contributed by atoms with E-state index in [1.165, 1.54) is 16.0 Å². The number of hydrogen-bond donors (Lipinski definition) is 0. The predicted molar refractivity (Wildman–Crippen MR) is 73.5 cm³/mol. The fraction of sp³-hybridized carbons (Fsp3) is 0.231. The van der Waals surface area contributed by atoms with E-state index < -0.39 is 0 Å². The van der Waals surface area contributed by atoms with Gasteiger partial charge in [0.1, 0.15) is 0 Å². The molecule has 0 spiro atoms. The highest BCUT2D eigenvalue weighted by Crippen LogP contribution is 2.49. The molecule has 1 aromatic carbocycles. The average Bonchev–Trinajstić information content (AvgIpc) is 2.66. The first-order valence-corrected chi connectivity index (χ1v) is 7.33. The lowest BCUT2D eigenvalue weighted by Gasteiger charge is -2.33. The van der Waals surface area contributed by atoms with Gasteiger partial charge in [-0.1, -0.05) is 24.3 Å². The van der Waals surface area contributed by atoms with Crippen molar-refractivity contribution in [2.24, 2.45) is 0 Å². The van der Waals surface area contributed by atoms with Crippen LogP contribution < -0.4 is 0 Å². The first-order chi connectivity index (χ1) is 7.77. The molecule has 0 nitrogen and oxygen atoms in total. The molecule has 1 aliphatic carbocycles. The molecule has 0 saturated carbocycles. The molecule has 2 atom stereocenters. The molecule has 16 heavy (non-hydrogen) atoms. The Morgan fingerprint density at radius 3 is 2.81 bits per heavy atom. The lowest BCUT2D eigenvalue weighted by atomic mass is 9.75. The van der Waals surface area contributed by atoms with Crippen LogP contribution in [-0.4, -0.2) is 0 Å². The largest absolute Gasteiger partial charge is 0.146 e. The van der Waals surface area contributed by atoms with Crippen molar-refractivity contribution in [1.29, 1.82) is 0 Å². The Balaban J connectivity index is 1.90. The Morgan fingerprint density at radius 1 is 1.31 bits per heavy atom. The van der Waals surface area contributed by atoms with Gasteiger partial charge in [0.2, 0.25) is 0 Å². The minimum absolute atomic E-state index is 0.101. The van der Waals surface area contributed by atoms with Gasteiger partial charge in [-0.15, -0.1) is 22.9 Å². The average molecular weight is 314 g/mol. The molecule has 3 rings (SSSR count). The van der Waals surface area contributed by atoms with E-state index >= 15 is 0 Å². The zero-order valence-electron chi connectivity index (χ0n) is 8.49. The van der Waals surface area contributed by atoms with E-state index in [1.807, 2.05) is 0 Å². The minimum atomic E-state index is 0.101. The fourth-order valence-corrected chi connectivity index (χ4v) is 4.53. The SMILES string of the molecule is ClC(c1sccc1Br)C1Cc2ccccc21. The van der Waals surface area contributed by atoms with Gasteiger partial charge in [-0.05, 0) is 44.9 Å². The van der Waals surface area contributed by atoms with Gasteiger partial charge in [-0.2, -0.15) is 0 Å². The zero-order valence-corrected chi connectivity index (χ0v) is 11.6. The molecule has 1 heterocycles. The molecule has 0 radical (unpaired) electrons. The maximum absolute atomic E-state index is 6.56. The quantitative estimate of drug-likeness (QED) is 0.674. The van der Waals surface area contributed by atoms with E-state index in [-0.39, 0.29) is 5.38 Å². The molecule has 0 amide bonds. The van der Waals surface area contributed by atoms with Gasteiger partial charge >= 0.3 is 0 Å². The van der Waals surface area contributed by atoms with Crippen molar-refractivity contribution in [1.82, 2.24) is 0 Å². The van der Waals surface area contributed by atoms with Gasteiger partial charge in [-0.3, -0.25) is 0 Å². The normalized spacial score (nSPS) is 20.0. The van der Waals surface area contributed by atoms with Crippen LogP contribution >= 0.6 is 38.9 Å². The Labute approximate surface area is 112 Å². The molecule has 0 fully saturated rings. The molecule has 2 unspecified atom stereocenters. The summed E-state index contributed by atoms with van der Waals surface area (Å²) in [5, 5.41) is 2.18. The molecule has 0 aliphatic heterocycles. The second kappa shape index (κ2) is 4.17. The topological polar surface area (TPSA) is 0 Å². The molecule has 0 N–H and O–H groups in total. The van der Waals surface area contributed by atoms with E-state index in [0.717, 1.165) is 10.9 Å². The Morgan fingerprint density at radius 2 is 2.12 bits per heavy atom. The monoisotopic (exact) mass is 312 g/mol. The van der Waals surface area contributed by atoms with Crippen LogP contribution in [0.3, 0.4) is 0 Å². The van der Waals surface area contributed by atoms with Crippen LogP contribution in [0.5, 0.6) is 0 Å². The van der Waals surface area contributed by atoms with Crippen LogP contribution in [0.15, 0.2) is 40.2 Å². The Bertz CT molecular complexity index is 520. The van der Waals surface area contributed by atoms with E-state index in [0.29, 0.717) is 5.92 Å². The number of benzene rings is 1. The van der Waals surface area contributed by atoms with Crippen molar-refractivity contribution in [3.8, 4) is 0 Å². The Kier molecular flexibility index (Phi) is 2.82. The maximum atomic E-state index is 6.56. The molecular formula is C13H10BrClS. The number of rotatable bonds is 2. The number of fused-ring (bicyclic) bond motifs is 1. The Hall–Kier alpha value is -0.310. The first-order valence-electron chi connectivity index (χ1n) is 5.22. The second-order valence-corrected chi connectivity index (χ2v) is 6.32. The van der Waals surface area contributed by atoms with E-state index in [4.69, 9.17) is 11.6 Å². The van der Waals surface area contributed by atoms with Crippen LogP contribution in [-0.2, 0) is 6.42 Å². The molecular weight excluding hydrogens is 304 g/mol. The van der Waals surface area contributed by atoms with E-state index in [2.05, 4.69) is 51.6 Å². The molecule has 0 saturated heterocycles. The highest BCUT2D eigenvalue weighted by molar-refractivity contribution is 9.10. The van der Waals surface area contributed by atoms with Crippen molar-refractivity contribution in [3.63, 3.8) is 0 Å². The third-order valence-electron chi connectivity index (χ3n) is 3.14. The molecule has 3 heteroatoms. The van der Waals surface area contributed by atoms with Gasteiger partial charge in [0.15, 0.2) is 0 Å². The third-order valence-corrected chi connectivity index (χ3v) is 5.75.